The molecule has 78 valence electrons. The van der Waals surface area contributed by atoms with E-state index < -0.39 is 0 Å². The first-order valence-electron chi connectivity index (χ1n) is 5.29. The summed E-state index contributed by atoms with van der Waals surface area (Å²) in [5, 5.41) is 0. The predicted molar refractivity (Wildman–Crippen MR) is 52.7 cm³/mol. The predicted octanol–water partition coefficient (Wildman–Crippen LogP) is 1.31. The first kappa shape index (κ1) is 11.0. The van der Waals surface area contributed by atoms with Gasteiger partial charge in [0.05, 0.1) is 19.3 Å². The van der Waals surface area contributed by atoms with Crippen molar-refractivity contribution < 1.29 is 9.47 Å². The lowest BCUT2D eigenvalue weighted by atomic mass is 10.2. The molecule has 2 atom stereocenters. The van der Waals surface area contributed by atoms with E-state index in [0.29, 0.717) is 13.2 Å². The zero-order valence-corrected chi connectivity index (χ0v) is 8.50. The summed E-state index contributed by atoms with van der Waals surface area (Å²) in [7, 11) is 0. The lowest BCUT2D eigenvalue weighted by molar-refractivity contribution is 0.00210. The number of nitrogens with two attached hydrogens (primary N) is 1. The molecule has 0 radical (unpaired) electrons. The van der Waals surface area contributed by atoms with Gasteiger partial charge in [0.2, 0.25) is 0 Å². The third-order valence-electron chi connectivity index (χ3n) is 2.41. The van der Waals surface area contributed by atoms with E-state index in [1.165, 1.54) is 6.42 Å². The third kappa shape index (κ3) is 4.07. The van der Waals surface area contributed by atoms with E-state index in [1.807, 2.05) is 0 Å². The van der Waals surface area contributed by atoms with Crippen LogP contribution in [0.5, 0.6) is 0 Å². The lowest BCUT2D eigenvalue weighted by Crippen LogP contribution is -2.32. The number of hydrogen-bond acceptors (Lipinski definition) is 3. The smallest absolute Gasteiger partial charge is 0.0727 e. The Morgan fingerprint density at radius 3 is 2.69 bits per heavy atom. The topological polar surface area (TPSA) is 44.5 Å². The van der Waals surface area contributed by atoms with Crippen molar-refractivity contribution in [3.05, 3.63) is 0 Å². The van der Waals surface area contributed by atoms with Crippen molar-refractivity contribution in [2.75, 3.05) is 19.8 Å². The molecule has 1 aliphatic rings. The van der Waals surface area contributed by atoms with Gasteiger partial charge >= 0.3 is 0 Å². The van der Waals surface area contributed by atoms with E-state index in [1.54, 1.807) is 0 Å². The summed E-state index contributed by atoms with van der Waals surface area (Å²) >= 11 is 0. The molecule has 2 unspecified atom stereocenters. The van der Waals surface area contributed by atoms with E-state index >= 15 is 0 Å². The number of ether oxygens (including phenoxy) is 2. The summed E-state index contributed by atoms with van der Waals surface area (Å²) in [6, 6.07) is 0.256. The molecule has 0 aromatic heterocycles. The maximum Gasteiger partial charge on any atom is 0.0727 e. The first-order valence-corrected chi connectivity index (χ1v) is 5.29. The summed E-state index contributed by atoms with van der Waals surface area (Å²) in [5.74, 6) is 0. The molecule has 3 nitrogen and oxygen atoms in total. The van der Waals surface area contributed by atoms with Crippen molar-refractivity contribution in [2.45, 2.75) is 44.8 Å². The van der Waals surface area contributed by atoms with Gasteiger partial charge in [-0.2, -0.15) is 0 Å². The van der Waals surface area contributed by atoms with E-state index in [0.717, 1.165) is 25.9 Å². The van der Waals surface area contributed by atoms with Crippen molar-refractivity contribution in [3.63, 3.8) is 0 Å². The largest absolute Gasteiger partial charge is 0.379 e. The Labute approximate surface area is 80.6 Å². The van der Waals surface area contributed by atoms with Crippen LogP contribution < -0.4 is 5.73 Å². The maximum absolute atomic E-state index is 5.85. The molecule has 1 saturated carbocycles. The Balaban J connectivity index is 1.93. The molecule has 1 fully saturated rings. The molecule has 2 N–H and O–H groups in total. The van der Waals surface area contributed by atoms with Crippen LogP contribution in [0, 0.1) is 0 Å². The summed E-state index contributed by atoms with van der Waals surface area (Å²) < 4.78 is 10.9. The monoisotopic (exact) mass is 187 g/mol. The summed E-state index contributed by atoms with van der Waals surface area (Å²) in [4.78, 5) is 0. The molecule has 0 aliphatic heterocycles. The Morgan fingerprint density at radius 2 is 2.08 bits per heavy atom. The minimum atomic E-state index is 0.256. The highest BCUT2D eigenvalue weighted by Gasteiger charge is 2.23. The molecular weight excluding hydrogens is 166 g/mol. The minimum absolute atomic E-state index is 0.256. The zero-order chi connectivity index (χ0) is 9.52. The third-order valence-corrected chi connectivity index (χ3v) is 2.41. The van der Waals surface area contributed by atoms with Gasteiger partial charge in [0.15, 0.2) is 0 Å². The van der Waals surface area contributed by atoms with Crippen LogP contribution in [0.2, 0.25) is 0 Å². The Hall–Kier alpha value is -0.120. The van der Waals surface area contributed by atoms with Gasteiger partial charge < -0.3 is 15.2 Å². The summed E-state index contributed by atoms with van der Waals surface area (Å²) in [5.41, 5.74) is 5.85. The van der Waals surface area contributed by atoms with Gasteiger partial charge in [-0.3, -0.25) is 0 Å². The average molecular weight is 187 g/mol. The van der Waals surface area contributed by atoms with Gasteiger partial charge in [0, 0.05) is 12.6 Å². The average Bonchev–Trinajstić information content (AvgIpc) is 2.52. The molecule has 0 saturated heterocycles. The highest BCUT2D eigenvalue weighted by atomic mass is 16.5. The minimum Gasteiger partial charge on any atom is -0.379 e. The van der Waals surface area contributed by atoms with Gasteiger partial charge in [-0.25, -0.2) is 0 Å². The SMILES string of the molecule is CCCOCCOC1CCCC1N. The van der Waals surface area contributed by atoms with E-state index in [4.69, 9.17) is 15.2 Å². The standard InChI is InChI=1S/C10H21NO2/c1-2-6-12-7-8-13-10-5-3-4-9(10)11/h9-10H,2-8,11H2,1H3. The molecule has 0 amide bonds. The van der Waals surface area contributed by atoms with Crippen molar-refractivity contribution in [1.29, 1.82) is 0 Å². The van der Waals surface area contributed by atoms with Crippen LogP contribution in [0.3, 0.4) is 0 Å². The summed E-state index contributed by atoms with van der Waals surface area (Å²) in [6.07, 6.45) is 4.80. The zero-order valence-electron chi connectivity index (χ0n) is 8.50. The van der Waals surface area contributed by atoms with Crippen molar-refractivity contribution in [1.82, 2.24) is 0 Å². The van der Waals surface area contributed by atoms with Gasteiger partial charge in [0.1, 0.15) is 0 Å². The molecule has 0 aromatic carbocycles. The van der Waals surface area contributed by atoms with Crippen LogP contribution >= 0.6 is 0 Å². The quantitative estimate of drug-likeness (QED) is 0.638. The lowest BCUT2D eigenvalue weighted by Gasteiger charge is -2.16. The second-order valence-corrected chi connectivity index (χ2v) is 3.62. The van der Waals surface area contributed by atoms with E-state index in [9.17, 15) is 0 Å². The second-order valence-electron chi connectivity index (χ2n) is 3.62. The molecule has 0 heterocycles. The van der Waals surface area contributed by atoms with E-state index in [2.05, 4.69) is 6.92 Å². The summed E-state index contributed by atoms with van der Waals surface area (Å²) in [6.45, 7) is 4.34. The fraction of sp³-hybridized carbons (Fsp3) is 1.00. The Bertz CT molecular complexity index is 130. The Morgan fingerprint density at radius 1 is 1.23 bits per heavy atom. The fourth-order valence-corrected chi connectivity index (χ4v) is 1.67. The van der Waals surface area contributed by atoms with Crippen LogP contribution in [-0.2, 0) is 9.47 Å². The fourth-order valence-electron chi connectivity index (χ4n) is 1.67. The van der Waals surface area contributed by atoms with Gasteiger partial charge in [-0.15, -0.1) is 0 Å². The number of rotatable bonds is 6. The van der Waals surface area contributed by atoms with Gasteiger partial charge in [-0.1, -0.05) is 6.92 Å². The Kier molecular flexibility index (Phi) is 5.35. The van der Waals surface area contributed by atoms with Crippen LogP contribution in [0.25, 0.3) is 0 Å². The molecule has 0 bridgehead atoms. The highest BCUT2D eigenvalue weighted by molar-refractivity contribution is 4.80. The normalized spacial score (nSPS) is 28.2. The van der Waals surface area contributed by atoms with Crippen LogP contribution in [-0.4, -0.2) is 32.0 Å². The molecule has 0 spiro atoms. The molecule has 13 heavy (non-hydrogen) atoms. The molecule has 0 aromatic rings. The molecular formula is C10H21NO2. The molecule has 1 rings (SSSR count). The van der Waals surface area contributed by atoms with Crippen LogP contribution in [0.15, 0.2) is 0 Å². The van der Waals surface area contributed by atoms with Gasteiger partial charge in [-0.05, 0) is 25.7 Å². The van der Waals surface area contributed by atoms with Crippen molar-refractivity contribution in [2.24, 2.45) is 5.73 Å². The van der Waals surface area contributed by atoms with E-state index in [-0.39, 0.29) is 12.1 Å². The van der Waals surface area contributed by atoms with Crippen LogP contribution in [0.1, 0.15) is 32.6 Å². The van der Waals surface area contributed by atoms with Gasteiger partial charge in [0.25, 0.3) is 0 Å². The van der Waals surface area contributed by atoms with Crippen LogP contribution in [0.4, 0.5) is 0 Å². The highest BCUT2D eigenvalue weighted by Crippen LogP contribution is 2.19. The van der Waals surface area contributed by atoms with Crippen molar-refractivity contribution in [3.8, 4) is 0 Å². The molecule has 1 aliphatic carbocycles. The maximum atomic E-state index is 5.85. The van der Waals surface area contributed by atoms with Crippen molar-refractivity contribution >= 4 is 0 Å². The molecule has 3 heteroatoms. The number of hydrogen-bond donors (Lipinski definition) is 1. The first-order chi connectivity index (χ1) is 6.34. The second kappa shape index (κ2) is 6.35.